The fraction of sp³-hybridized carbons (Fsp3) is 0.538. The third-order valence-electron chi connectivity index (χ3n) is 2.83. The highest BCUT2D eigenvalue weighted by Gasteiger charge is 2.25. The van der Waals surface area contributed by atoms with Crippen molar-refractivity contribution in [1.82, 2.24) is 0 Å². The number of hydrogen-bond acceptors (Lipinski definition) is 3. The van der Waals surface area contributed by atoms with Gasteiger partial charge < -0.3 is 9.84 Å². The summed E-state index contributed by atoms with van der Waals surface area (Å²) in [6.07, 6.45) is 1.98. The van der Waals surface area contributed by atoms with Crippen LogP contribution in [0.2, 0.25) is 0 Å². The molecule has 1 aliphatic heterocycles. The van der Waals surface area contributed by atoms with E-state index in [4.69, 9.17) is 4.74 Å². The van der Waals surface area contributed by atoms with Crippen molar-refractivity contribution in [3.63, 3.8) is 0 Å². The number of thioether (sulfide) groups is 1. The third kappa shape index (κ3) is 2.71. The van der Waals surface area contributed by atoms with E-state index in [0.717, 1.165) is 17.7 Å². The first-order valence-electron chi connectivity index (χ1n) is 5.83. The molecule has 2 unspecified atom stereocenters. The van der Waals surface area contributed by atoms with Crippen LogP contribution in [0.15, 0.2) is 24.3 Å². The van der Waals surface area contributed by atoms with Crippen LogP contribution in [0.5, 0.6) is 5.75 Å². The topological polar surface area (TPSA) is 29.5 Å². The van der Waals surface area contributed by atoms with Gasteiger partial charge in [0.1, 0.15) is 5.75 Å². The molecule has 0 spiro atoms. The first kappa shape index (κ1) is 11.8. The summed E-state index contributed by atoms with van der Waals surface area (Å²) in [5.41, 5.74) is 0.977. The molecule has 2 nitrogen and oxygen atoms in total. The standard InChI is InChI=1S/C13H18O2S/c1-2-15-11-6-3-5-10(9-11)13(14)12-7-4-8-16-12/h3,5-6,9,12-14H,2,4,7-8H2,1H3. The minimum atomic E-state index is -0.354. The van der Waals surface area contributed by atoms with Gasteiger partial charge in [-0.1, -0.05) is 12.1 Å². The van der Waals surface area contributed by atoms with Crippen molar-refractivity contribution in [3.8, 4) is 5.75 Å². The Labute approximate surface area is 101 Å². The van der Waals surface area contributed by atoms with Crippen LogP contribution in [0.1, 0.15) is 31.4 Å². The Kier molecular flexibility index (Phi) is 4.13. The molecule has 16 heavy (non-hydrogen) atoms. The van der Waals surface area contributed by atoms with Crippen molar-refractivity contribution in [2.45, 2.75) is 31.1 Å². The minimum Gasteiger partial charge on any atom is -0.494 e. The highest BCUT2D eigenvalue weighted by molar-refractivity contribution is 8.00. The van der Waals surface area contributed by atoms with Gasteiger partial charge in [-0.25, -0.2) is 0 Å². The fourth-order valence-corrected chi connectivity index (χ4v) is 3.33. The molecule has 1 aromatic carbocycles. The van der Waals surface area contributed by atoms with Gasteiger partial charge in [-0.3, -0.25) is 0 Å². The van der Waals surface area contributed by atoms with Gasteiger partial charge in [0, 0.05) is 5.25 Å². The zero-order chi connectivity index (χ0) is 11.4. The molecule has 3 heteroatoms. The average molecular weight is 238 g/mol. The number of aliphatic hydroxyl groups is 1. The van der Waals surface area contributed by atoms with Crippen molar-refractivity contribution in [1.29, 1.82) is 0 Å². The number of benzene rings is 1. The first-order valence-corrected chi connectivity index (χ1v) is 6.88. The second kappa shape index (κ2) is 5.60. The van der Waals surface area contributed by atoms with Crippen molar-refractivity contribution in [2.75, 3.05) is 12.4 Å². The van der Waals surface area contributed by atoms with E-state index in [1.54, 1.807) is 0 Å². The predicted molar refractivity (Wildman–Crippen MR) is 68.1 cm³/mol. The molecule has 0 radical (unpaired) electrons. The Morgan fingerprint density at radius 1 is 1.56 bits per heavy atom. The predicted octanol–water partition coefficient (Wildman–Crippen LogP) is 3.01. The van der Waals surface area contributed by atoms with E-state index in [1.165, 1.54) is 12.2 Å². The Balaban J connectivity index is 2.09. The van der Waals surface area contributed by atoms with Crippen LogP contribution in [-0.2, 0) is 0 Å². The van der Waals surface area contributed by atoms with Gasteiger partial charge in [0.05, 0.1) is 12.7 Å². The molecule has 1 fully saturated rings. The lowest BCUT2D eigenvalue weighted by molar-refractivity contribution is 0.172. The number of ether oxygens (including phenoxy) is 1. The van der Waals surface area contributed by atoms with Gasteiger partial charge in [0.15, 0.2) is 0 Å². The van der Waals surface area contributed by atoms with Gasteiger partial charge in [-0.2, -0.15) is 11.8 Å². The Morgan fingerprint density at radius 2 is 2.44 bits per heavy atom. The molecule has 0 bridgehead atoms. The summed E-state index contributed by atoms with van der Waals surface area (Å²) in [5.74, 6) is 2.02. The summed E-state index contributed by atoms with van der Waals surface area (Å²) < 4.78 is 5.44. The molecule has 2 rings (SSSR count). The second-order valence-corrected chi connectivity index (χ2v) is 5.35. The maximum absolute atomic E-state index is 10.2. The molecule has 0 saturated carbocycles. The fourth-order valence-electron chi connectivity index (χ4n) is 2.02. The molecular weight excluding hydrogens is 220 g/mol. The van der Waals surface area contributed by atoms with Crippen LogP contribution in [0, 0.1) is 0 Å². The summed E-state index contributed by atoms with van der Waals surface area (Å²) in [7, 11) is 0. The maximum Gasteiger partial charge on any atom is 0.119 e. The quantitative estimate of drug-likeness (QED) is 0.874. The van der Waals surface area contributed by atoms with Crippen LogP contribution in [0.3, 0.4) is 0 Å². The molecule has 0 aromatic heterocycles. The summed E-state index contributed by atoms with van der Waals surface area (Å²) in [6.45, 7) is 2.63. The van der Waals surface area contributed by atoms with Crippen molar-refractivity contribution >= 4 is 11.8 Å². The molecule has 0 aliphatic carbocycles. The monoisotopic (exact) mass is 238 g/mol. The van der Waals surface area contributed by atoms with Crippen LogP contribution >= 0.6 is 11.8 Å². The normalized spacial score (nSPS) is 22.0. The third-order valence-corrected chi connectivity index (χ3v) is 4.27. The lowest BCUT2D eigenvalue weighted by Gasteiger charge is -2.18. The molecule has 1 aliphatic rings. The first-order chi connectivity index (χ1) is 7.81. The molecule has 1 aromatic rings. The van der Waals surface area contributed by atoms with Crippen molar-refractivity contribution in [2.24, 2.45) is 0 Å². The van der Waals surface area contributed by atoms with Crippen LogP contribution in [0.4, 0.5) is 0 Å². The lowest BCUT2D eigenvalue weighted by Crippen LogP contribution is -2.11. The molecule has 1 saturated heterocycles. The Hall–Kier alpha value is -0.670. The number of rotatable bonds is 4. The highest BCUT2D eigenvalue weighted by atomic mass is 32.2. The molecule has 1 N–H and O–H groups in total. The van der Waals surface area contributed by atoms with Crippen molar-refractivity contribution in [3.05, 3.63) is 29.8 Å². The minimum absolute atomic E-state index is 0.354. The van der Waals surface area contributed by atoms with Crippen molar-refractivity contribution < 1.29 is 9.84 Å². The van der Waals surface area contributed by atoms with Gasteiger partial charge in [0.25, 0.3) is 0 Å². The Bertz CT molecular complexity index is 334. The van der Waals surface area contributed by atoms with Gasteiger partial charge >= 0.3 is 0 Å². The number of aliphatic hydroxyl groups excluding tert-OH is 1. The van der Waals surface area contributed by atoms with Crippen LogP contribution in [0.25, 0.3) is 0 Å². The molecule has 0 amide bonds. The van der Waals surface area contributed by atoms with E-state index in [0.29, 0.717) is 11.9 Å². The molecule has 88 valence electrons. The maximum atomic E-state index is 10.2. The Morgan fingerprint density at radius 3 is 3.12 bits per heavy atom. The van der Waals surface area contributed by atoms with Gasteiger partial charge in [-0.15, -0.1) is 0 Å². The zero-order valence-electron chi connectivity index (χ0n) is 9.56. The molecule has 2 atom stereocenters. The lowest BCUT2D eigenvalue weighted by atomic mass is 10.0. The summed E-state index contributed by atoms with van der Waals surface area (Å²) in [6, 6.07) is 7.81. The van der Waals surface area contributed by atoms with E-state index in [-0.39, 0.29) is 6.10 Å². The summed E-state index contributed by atoms with van der Waals surface area (Å²) in [5, 5.41) is 10.6. The second-order valence-electron chi connectivity index (χ2n) is 4.00. The largest absolute Gasteiger partial charge is 0.494 e. The molecular formula is C13H18O2S. The summed E-state index contributed by atoms with van der Waals surface area (Å²) >= 11 is 1.87. The highest BCUT2D eigenvalue weighted by Crippen LogP contribution is 2.36. The number of hydrogen-bond donors (Lipinski definition) is 1. The van der Waals surface area contributed by atoms with Gasteiger partial charge in [0.2, 0.25) is 0 Å². The van der Waals surface area contributed by atoms with E-state index < -0.39 is 0 Å². The van der Waals surface area contributed by atoms with Crippen LogP contribution < -0.4 is 4.74 Å². The van der Waals surface area contributed by atoms with Crippen LogP contribution in [-0.4, -0.2) is 22.7 Å². The van der Waals surface area contributed by atoms with E-state index in [2.05, 4.69) is 0 Å². The van der Waals surface area contributed by atoms with E-state index in [9.17, 15) is 5.11 Å². The van der Waals surface area contributed by atoms with E-state index >= 15 is 0 Å². The molecule has 1 heterocycles. The van der Waals surface area contributed by atoms with E-state index in [1.807, 2.05) is 43.0 Å². The summed E-state index contributed by atoms with van der Waals surface area (Å²) in [4.78, 5) is 0. The smallest absolute Gasteiger partial charge is 0.119 e. The van der Waals surface area contributed by atoms with Gasteiger partial charge in [-0.05, 0) is 43.2 Å². The zero-order valence-corrected chi connectivity index (χ0v) is 10.4. The average Bonchev–Trinajstić information content (AvgIpc) is 2.82. The SMILES string of the molecule is CCOc1cccc(C(O)C2CCCS2)c1.